The predicted octanol–water partition coefficient (Wildman–Crippen LogP) is 5.38. The average molecular weight is 380 g/mol. The maximum atomic E-state index is 12.9. The average Bonchev–Trinajstić information content (AvgIpc) is 3.10. The predicted molar refractivity (Wildman–Crippen MR) is 115 cm³/mol. The van der Waals surface area contributed by atoms with Crippen LogP contribution in [0.5, 0.6) is 5.75 Å². The minimum atomic E-state index is -0.230. The smallest absolute Gasteiger partial charge is 0.269 e. The van der Waals surface area contributed by atoms with E-state index in [2.05, 4.69) is 22.9 Å². The Hall–Kier alpha value is -3.79. The summed E-state index contributed by atoms with van der Waals surface area (Å²) in [6, 6.07) is 23.8. The van der Waals surface area contributed by atoms with Gasteiger partial charge in [0.25, 0.3) is 5.91 Å². The molecule has 1 unspecified atom stereocenters. The van der Waals surface area contributed by atoms with Crippen molar-refractivity contribution in [2.24, 2.45) is 0 Å². The van der Waals surface area contributed by atoms with Crippen LogP contribution in [0, 0.1) is 0 Å². The highest BCUT2D eigenvalue weighted by molar-refractivity contribution is 6.11. The molecular weight excluding hydrogens is 360 g/mol. The van der Waals surface area contributed by atoms with Gasteiger partial charge in [0.2, 0.25) is 0 Å². The van der Waals surface area contributed by atoms with Crippen LogP contribution in [0.4, 0.5) is 0 Å². The van der Waals surface area contributed by atoms with Crippen molar-refractivity contribution in [1.29, 1.82) is 0 Å². The Kier molecular flexibility index (Phi) is 4.17. The maximum Gasteiger partial charge on any atom is 0.269 e. The SMILES string of the molecule is C=CC1NC(=O)c2[nH]c3ccc(OCc4ccccc4)cc3c2-c2ccccc21. The third-order valence-electron chi connectivity index (χ3n) is 5.33. The minimum Gasteiger partial charge on any atom is -0.489 e. The molecule has 1 atom stereocenters. The highest BCUT2D eigenvalue weighted by atomic mass is 16.5. The molecule has 142 valence electrons. The molecule has 2 heterocycles. The molecule has 4 aromatic rings. The lowest BCUT2D eigenvalue weighted by molar-refractivity contribution is 0.0942. The number of H-pyrrole nitrogens is 1. The maximum absolute atomic E-state index is 12.9. The number of fused-ring (bicyclic) bond motifs is 5. The van der Waals surface area contributed by atoms with E-state index in [0.717, 1.165) is 38.9 Å². The van der Waals surface area contributed by atoms with Crippen LogP contribution in [0.3, 0.4) is 0 Å². The highest BCUT2D eigenvalue weighted by Gasteiger charge is 2.28. The second kappa shape index (κ2) is 6.99. The summed E-state index contributed by atoms with van der Waals surface area (Å²) in [6.45, 7) is 4.39. The van der Waals surface area contributed by atoms with Crippen molar-refractivity contribution >= 4 is 16.8 Å². The number of hydrogen-bond donors (Lipinski definition) is 2. The number of nitrogens with one attached hydrogen (secondary N) is 2. The molecule has 3 aromatic carbocycles. The Morgan fingerprint density at radius 1 is 1.00 bits per heavy atom. The summed E-state index contributed by atoms with van der Waals surface area (Å²) < 4.78 is 6.02. The fourth-order valence-electron chi connectivity index (χ4n) is 3.92. The van der Waals surface area contributed by atoms with Gasteiger partial charge in [0.05, 0.1) is 6.04 Å². The molecule has 1 amide bonds. The fraction of sp³-hybridized carbons (Fsp3) is 0.0800. The number of aromatic amines is 1. The first-order chi connectivity index (χ1) is 14.2. The van der Waals surface area contributed by atoms with Crippen LogP contribution in [0.15, 0.2) is 85.5 Å². The number of ether oxygens (including phenoxy) is 1. The second-order valence-corrected chi connectivity index (χ2v) is 7.13. The monoisotopic (exact) mass is 380 g/mol. The summed E-state index contributed by atoms with van der Waals surface area (Å²) in [6.07, 6.45) is 1.76. The van der Waals surface area contributed by atoms with Crippen LogP contribution in [0.2, 0.25) is 0 Å². The zero-order valence-electron chi connectivity index (χ0n) is 15.8. The fourth-order valence-corrected chi connectivity index (χ4v) is 3.92. The Morgan fingerprint density at radius 3 is 2.62 bits per heavy atom. The zero-order chi connectivity index (χ0) is 19.8. The van der Waals surface area contributed by atoms with Gasteiger partial charge in [0, 0.05) is 16.5 Å². The number of benzene rings is 3. The molecule has 2 N–H and O–H groups in total. The Labute approximate surface area is 168 Å². The molecule has 0 radical (unpaired) electrons. The number of carbonyl (C=O) groups is 1. The van der Waals surface area contributed by atoms with Gasteiger partial charge < -0.3 is 15.0 Å². The molecule has 1 aliphatic heterocycles. The Morgan fingerprint density at radius 2 is 1.79 bits per heavy atom. The van der Waals surface area contributed by atoms with Gasteiger partial charge in [-0.2, -0.15) is 0 Å². The highest BCUT2D eigenvalue weighted by Crippen LogP contribution is 2.40. The van der Waals surface area contributed by atoms with E-state index in [1.165, 1.54) is 0 Å². The van der Waals surface area contributed by atoms with Crippen LogP contribution in [0.1, 0.15) is 27.7 Å². The molecule has 1 aromatic heterocycles. The molecule has 0 bridgehead atoms. The number of rotatable bonds is 4. The minimum absolute atomic E-state index is 0.135. The molecule has 0 saturated carbocycles. The first kappa shape index (κ1) is 17.3. The van der Waals surface area contributed by atoms with Crippen LogP contribution >= 0.6 is 0 Å². The molecule has 1 aliphatic rings. The molecule has 0 aliphatic carbocycles. The van der Waals surface area contributed by atoms with Crippen molar-refractivity contribution < 1.29 is 9.53 Å². The first-order valence-electron chi connectivity index (χ1n) is 9.60. The summed E-state index contributed by atoms with van der Waals surface area (Å²) >= 11 is 0. The molecule has 4 nitrogen and oxygen atoms in total. The lowest BCUT2D eigenvalue weighted by atomic mass is 9.94. The van der Waals surface area contributed by atoms with Gasteiger partial charge in [-0.25, -0.2) is 0 Å². The first-order valence-corrected chi connectivity index (χ1v) is 9.60. The molecule has 5 rings (SSSR count). The summed E-state index contributed by atoms with van der Waals surface area (Å²) in [7, 11) is 0. The molecular formula is C25H20N2O2. The largest absolute Gasteiger partial charge is 0.489 e. The van der Waals surface area contributed by atoms with E-state index >= 15 is 0 Å². The number of hydrogen-bond acceptors (Lipinski definition) is 2. The zero-order valence-corrected chi connectivity index (χ0v) is 15.8. The van der Waals surface area contributed by atoms with Gasteiger partial charge >= 0.3 is 0 Å². The molecule has 29 heavy (non-hydrogen) atoms. The van der Waals surface area contributed by atoms with Crippen molar-refractivity contribution in [3.05, 3.63) is 102 Å². The Bertz CT molecular complexity index is 1220. The van der Waals surface area contributed by atoms with Crippen molar-refractivity contribution in [3.8, 4) is 16.9 Å². The summed E-state index contributed by atoms with van der Waals surface area (Å²) in [5.74, 6) is 0.634. The lowest BCUT2D eigenvalue weighted by Gasteiger charge is -2.14. The Balaban J connectivity index is 1.62. The van der Waals surface area contributed by atoms with Crippen LogP contribution in [0.25, 0.3) is 22.0 Å². The van der Waals surface area contributed by atoms with Crippen LogP contribution in [-0.4, -0.2) is 10.9 Å². The van der Waals surface area contributed by atoms with E-state index in [1.54, 1.807) is 6.08 Å². The van der Waals surface area contributed by atoms with E-state index in [1.807, 2.05) is 66.7 Å². The molecule has 4 heteroatoms. The van der Waals surface area contributed by atoms with E-state index in [0.29, 0.717) is 12.3 Å². The van der Waals surface area contributed by atoms with Crippen molar-refractivity contribution in [2.45, 2.75) is 12.6 Å². The van der Waals surface area contributed by atoms with Gasteiger partial charge in [-0.15, -0.1) is 6.58 Å². The topological polar surface area (TPSA) is 54.1 Å². The van der Waals surface area contributed by atoms with Gasteiger partial charge in [0.1, 0.15) is 18.1 Å². The third-order valence-corrected chi connectivity index (χ3v) is 5.33. The van der Waals surface area contributed by atoms with Crippen molar-refractivity contribution in [3.63, 3.8) is 0 Å². The van der Waals surface area contributed by atoms with E-state index < -0.39 is 0 Å². The summed E-state index contributed by atoms with van der Waals surface area (Å²) in [5.41, 5.74) is 5.55. The molecule has 0 fully saturated rings. The van der Waals surface area contributed by atoms with Crippen LogP contribution in [-0.2, 0) is 6.61 Å². The number of carbonyl (C=O) groups excluding carboxylic acids is 1. The van der Waals surface area contributed by atoms with Crippen molar-refractivity contribution in [1.82, 2.24) is 10.3 Å². The number of amides is 1. The molecule has 0 spiro atoms. The third kappa shape index (κ3) is 2.99. The van der Waals surface area contributed by atoms with Gasteiger partial charge in [-0.3, -0.25) is 4.79 Å². The quantitative estimate of drug-likeness (QED) is 0.467. The normalized spacial score (nSPS) is 15.2. The van der Waals surface area contributed by atoms with Crippen molar-refractivity contribution in [2.75, 3.05) is 0 Å². The van der Waals surface area contributed by atoms with Gasteiger partial charge in [-0.05, 0) is 34.9 Å². The second-order valence-electron chi connectivity index (χ2n) is 7.13. The van der Waals surface area contributed by atoms with Gasteiger partial charge in [0.15, 0.2) is 0 Å². The van der Waals surface area contributed by atoms with E-state index in [4.69, 9.17) is 4.74 Å². The van der Waals surface area contributed by atoms with E-state index in [9.17, 15) is 4.79 Å². The van der Waals surface area contributed by atoms with Gasteiger partial charge in [-0.1, -0.05) is 60.7 Å². The van der Waals surface area contributed by atoms with E-state index in [-0.39, 0.29) is 11.9 Å². The lowest BCUT2D eigenvalue weighted by Crippen LogP contribution is -2.26. The molecule has 0 saturated heterocycles. The number of aromatic nitrogens is 1. The standard InChI is InChI=1S/C25H20N2O2/c1-2-21-18-10-6-7-11-19(18)23-20-14-17(29-15-16-8-4-3-5-9-16)12-13-22(20)26-24(23)25(28)27-21/h2-14,21,26H,1,15H2,(H,27,28). The summed E-state index contributed by atoms with van der Waals surface area (Å²) in [4.78, 5) is 16.2. The van der Waals surface area contributed by atoms with Crippen LogP contribution < -0.4 is 10.1 Å². The summed E-state index contributed by atoms with van der Waals surface area (Å²) in [5, 5.41) is 4.01.